The average Bonchev–Trinajstić information content (AvgIpc) is 3.34. The number of carbonyl (C=O) groups is 1. The summed E-state index contributed by atoms with van der Waals surface area (Å²) in [6, 6.07) is 10.1. The van der Waals surface area contributed by atoms with Crippen molar-refractivity contribution in [3.8, 4) is 5.75 Å². The first-order valence-electron chi connectivity index (χ1n) is 10.1. The molecule has 0 bridgehead atoms. The Hall–Kier alpha value is -3.59. The number of ether oxygens (including phenoxy) is 1. The van der Waals surface area contributed by atoms with E-state index in [9.17, 15) is 14.0 Å². The predicted octanol–water partition coefficient (Wildman–Crippen LogP) is 4.63. The molecule has 0 saturated heterocycles. The number of hydrogen-bond donors (Lipinski definition) is 0. The fraction of sp³-hybridized carbons (Fsp3) is 0.217. The molecule has 4 aromatic rings. The standard InChI is InChI=1S/C23H18FN3O4S/c1-3-10-30-15-7-4-13(5-8-15)19-18-20(28)16-11-14(24)6-9-17(16)31-21(18)22(29)27(19)23-26-25-12(2)32-23/h4-9,11,19H,3,10H2,1-2H3. The molecule has 0 N–H and O–H groups in total. The number of rotatable bonds is 5. The maximum atomic E-state index is 13.9. The number of aryl methyl sites for hydroxylation is 1. The van der Waals surface area contributed by atoms with E-state index in [1.807, 2.05) is 6.92 Å². The van der Waals surface area contributed by atoms with Gasteiger partial charge >= 0.3 is 0 Å². The number of carbonyl (C=O) groups excluding carboxylic acids is 1. The van der Waals surface area contributed by atoms with Gasteiger partial charge in [-0.05, 0) is 49.2 Å². The zero-order valence-corrected chi connectivity index (χ0v) is 18.1. The van der Waals surface area contributed by atoms with Crippen LogP contribution in [0.4, 0.5) is 9.52 Å². The zero-order valence-electron chi connectivity index (χ0n) is 17.3. The summed E-state index contributed by atoms with van der Waals surface area (Å²) in [5.41, 5.74) is 0.537. The lowest BCUT2D eigenvalue weighted by atomic mass is 9.98. The molecule has 162 valence electrons. The van der Waals surface area contributed by atoms with E-state index in [0.717, 1.165) is 12.5 Å². The molecular weight excluding hydrogens is 433 g/mol. The number of hydrogen-bond acceptors (Lipinski definition) is 7. The molecule has 0 fully saturated rings. The second kappa shape index (κ2) is 7.83. The van der Waals surface area contributed by atoms with Gasteiger partial charge in [0.1, 0.15) is 22.2 Å². The Labute approximate surface area is 186 Å². The van der Waals surface area contributed by atoms with Crippen LogP contribution >= 0.6 is 11.3 Å². The molecule has 0 spiro atoms. The van der Waals surface area contributed by atoms with Gasteiger partial charge in [0.2, 0.25) is 10.9 Å². The van der Waals surface area contributed by atoms with Crippen molar-refractivity contribution in [2.75, 3.05) is 11.5 Å². The molecular formula is C23H18FN3O4S. The molecule has 2 aromatic heterocycles. The van der Waals surface area contributed by atoms with Crippen molar-refractivity contribution in [1.29, 1.82) is 0 Å². The predicted molar refractivity (Wildman–Crippen MR) is 118 cm³/mol. The van der Waals surface area contributed by atoms with Crippen LogP contribution in [0.3, 0.4) is 0 Å². The lowest BCUT2D eigenvalue weighted by Gasteiger charge is -2.22. The SMILES string of the molecule is CCCOc1ccc(C2c3c(oc4ccc(F)cc4c3=O)C(=O)N2c2nnc(C)s2)cc1. The molecule has 7 nitrogen and oxygen atoms in total. The molecule has 9 heteroatoms. The van der Waals surface area contributed by atoms with Gasteiger partial charge in [0, 0.05) is 0 Å². The van der Waals surface area contributed by atoms with Crippen molar-refractivity contribution in [3.05, 3.63) is 80.4 Å². The Morgan fingerprint density at radius 1 is 1.16 bits per heavy atom. The van der Waals surface area contributed by atoms with E-state index >= 15 is 0 Å². The van der Waals surface area contributed by atoms with E-state index in [0.29, 0.717) is 28.1 Å². The van der Waals surface area contributed by atoms with Gasteiger partial charge in [-0.15, -0.1) is 10.2 Å². The van der Waals surface area contributed by atoms with Gasteiger partial charge in [0.05, 0.1) is 23.6 Å². The summed E-state index contributed by atoms with van der Waals surface area (Å²) in [6.45, 7) is 4.38. The van der Waals surface area contributed by atoms with Crippen LogP contribution in [0.25, 0.3) is 11.0 Å². The molecule has 2 aromatic carbocycles. The summed E-state index contributed by atoms with van der Waals surface area (Å²) in [4.78, 5) is 28.2. The van der Waals surface area contributed by atoms with Crippen LogP contribution < -0.4 is 15.1 Å². The summed E-state index contributed by atoms with van der Waals surface area (Å²) >= 11 is 1.24. The summed E-state index contributed by atoms with van der Waals surface area (Å²) in [5, 5.41) is 9.26. The second-order valence-electron chi connectivity index (χ2n) is 7.41. The zero-order chi connectivity index (χ0) is 22.4. The Kier molecular flexibility index (Phi) is 4.97. The minimum absolute atomic E-state index is 0.0710. The summed E-state index contributed by atoms with van der Waals surface area (Å²) in [7, 11) is 0. The molecule has 0 radical (unpaired) electrons. The fourth-order valence-electron chi connectivity index (χ4n) is 3.81. The lowest BCUT2D eigenvalue weighted by molar-refractivity contribution is 0.0970. The third-order valence-corrected chi connectivity index (χ3v) is 6.06. The van der Waals surface area contributed by atoms with E-state index in [4.69, 9.17) is 9.15 Å². The fourth-order valence-corrected chi connectivity index (χ4v) is 4.52. The molecule has 1 amide bonds. The van der Waals surface area contributed by atoms with Crippen LogP contribution in [-0.4, -0.2) is 22.7 Å². The highest BCUT2D eigenvalue weighted by Crippen LogP contribution is 2.42. The maximum Gasteiger partial charge on any atom is 0.297 e. The average molecular weight is 451 g/mol. The van der Waals surface area contributed by atoms with E-state index in [1.165, 1.54) is 28.4 Å². The number of aromatic nitrogens is 2. The van der Waals surface area contributed by atoms with Crippen molar-refractivity contribution in [3.63, 3.8) is 0 Å². The minimum Gasteiger partial charge on any atom is -0.494 e. The summed E-state index contributed by atoms with van der Waals surface area (Å²) < 4.78 is 25.3. The van der Waals surface area contributed by atoms with E-state index in [2.05, 4.69) is 10.2 Å². The second-order valence-corrected chi connectivity index (χ2v) is 8.57. The molecule has 1 aliphatic rings. The normalized spacial score (nSPS) is 15.4. The molecule has 32 heavy (non-hydrogen) atoms. The molecule has 1 aliphatic heterocycles. The largest absolute Gasteiger partial charge is 0.494 e. The van der Waals surface area contributed by atoms with E-state index in [-0.39, 0.29) is 22.3 Å². The van der Waals surface area contributed by atoms with E-state index in [1.54, 1.807) is 31.2 Å². The Balaban J connectivity index is 1.72. The third kappa shape index (κ3) is 3.25. The van der Waals surface area contributed by atoms with Crippen LogP contribution in [0.2, 0.25) is 0 Å². The molecule has 3 heterocycles. The van der Waals surface area contributed by atoms with E-state index < -0.39 is 23.2 Å². The molecule has 0 saturated carbocycles. The van der Waals surface area contributed by atoms with Crippen LogP contribution in [0.5, 0.6) is 5.75 Å². The van der Waals surface area contributed by atoms with Gasteiger partial charge in [-0.1, -0.05) is 30.4 Å². The highest BCUT2D eigenvalue weighted by Gasteiger charge is 2.45. The van der Waals surface area contributed by atoms with Crippen molar-refractivity contribution in [1.82, 2.24) is 10.2 Å². The Morgan fingerprint density at radius 3 is 2.62 bits per heavy atom. The number of amides is 1. The maximum absolute atomic E-state index is 13.9. The summed E-state index contributed by atoms with van der Waals surface area (Å²) in [6.07, 6.45) is 0.876. The Bertz CT molecular complexity index is 1400. The van der Waals surface area contributed by atoms with Crippen LogP contribution in [0, 0.1) is 12.7 Å². The molecule has 1 unspecified atom stereocenters. The number of anilines is 1. The first-order chi connectivity index (χ1) is 15.5. The first kappa shape index (κ1) is 20.3. The molecule has 0 aliphatic carbocycles. The minimum atomic E-state index is -0.783. The van der Waals surface area contributed by atoms with Gasteiger partial charge in [-0.3, -0.25) is 14.5 Å². The third-order valence-electron chi connectivity index (χ3n) is 5.22. The van der Waals surface area contributed by atoms with Crippen molar-refractivity contribution < 1.29 is 18.3 Å². The number of halogens is 1. The number of nitrogens with zero attached hydrogens (tertiary/aromatic N) is 3. The number of benzene rings is 2. The lowest BCUT2D eigenvalue weighted by Crippen LogP contribution is -2.29. The van der Waals surface area contributed by atoms with Gasteiger partial charge < -0.3 is 9.15 Å². The summed E-state index contributed by atoms with van der Waals surface area (Å²) in [5.74, 6) is -0.431. The smallest absolute Gasteiger partial charge is 0.297 e. The molecule has 1 atom stereocenters. The topological polar surface area (TPSA) is 85.5 Å². The van der Waals surface area contributed by atoms with Crippen LogP contribution in [-0.2, 0) is 0 Å². The quantitative estimate of drug-likeness (QED) is 0.440. The van der Waals surface area contributed by atoms with Gasteiger partial charge in [0.15, 0.2) is 5.43 Å². The highest BCUT2D eigenvalue weighted by atomic mass is 32.1. The van der Waals surface area contributed by atoms with Gasteiger partial charge in [-0.2, -0.15) is 0 Å². The van der Waals surface area contributed by atoms with Gasteiger partial charge in [-0.25, -0.2) is 4.39 Å². The van der Waals surface area contributed by atoms with Crippen LogP contribution in [0.1, 0.15) is 46.1 Å². The highest BCUT2D eigenvalue weighted by molar-refractivity contribution is 7.15. The Morgan fingerprint density at radius 2 is 1.94 bits per heavy atom. The number of fused-ring (bicyclic) bond motifs is 2. The van der Waals surface area contributed by atoms with Gasteiger partial charge in [0.25, 0.3) is 5.91 Å². The van der Waals surface area contributed by atoms with Crippen LogP contribution in [0.15, 0.2) is 51.7 Å². The molecule has 5 rings (SSSR count). The van der Waals surface area contributed by atoms with Crippen molar-refractivity contribution in [2.45, 2.75) is 26.3 Å². The first-order valence-corrected chi connectivity index (χ1v) is 10.9. The van der Waals surface area contributed by atoms with Crippen molar-refractivity contribution in [2.24, 2.45) is 0 Å². The monoisotopic (exact) mass is 451 g/mol. The van der Waals surface area contributed by atoms with Crippen molar-refractivity contribution >= 4 is 33.3 Å².